The van der Waals surface area contributed by atoms with Gasteiger partial charge in [0.1, 0.15) is 0 Å². The standard InChI is InChI=1S/C21H26N6O/c28-21(20-16-27(25-24-20)14-17-8-3-1-4-9-17)23-19(15-26-13-7-12-22-26)18-10-5-2-6-11-18/h2,5-7,10-13,16-17,19H,1,3-4,8-9,14-15H2,(H,23,28)/t19-/m1/s1. The number of benzene rings is 1. The lowest BCUT2D eigenvalue weighted by atomic mass is 9.89. The van der Waals surface area contributed by atoms with Gasteiger partial charge >= 0.3 is 0 Å². The van der Waals surface area contributed by atoms with Crippen LogP contribution in [0.1, 0.15) is 54.2 Å². The lowest BCUT2D eigenvalue weighted by Gasteiger charge is -2.20. The van der Waals surface area contributed by atoms with E-state index in [1.165, 1.54) is 32.1 Å². The van der Waals surface area contributed by atoms with Crippen LogP contribution in [0.3, 0.4) is 0 Å². The van der Waals surface area contributed by atoms with Gasteiger partial charge in [0.25, 0.3) is 5.91 Å². The molecule has 1 aromatic carbocycles. The van der Waals surface area contributed by atoms with Crippen molar-refractivity contribution in [1.29, 1.82) is 0 Å². The zero-order chi connectivity index (χ0) is 19.2. The summed E-state index contributed by atoms with van der Waals surface area (Å²) < 4.78 is 3.63. The number of nitrogens with one attached hydrogen (secondary N) is 1. The molecule has 3 aromatic rings. The molecule has 0 bridgehead atoms. The van der Waals surface area contributed by atoms with Crippen LogP contribution >= 0.6 is 0 Å². The minimum absolute atomic E-state index is 0.197. The summed E-state index contributed by atoms with van der Waals surface area (Å²) >= 11 is 0. The lowest BCUT2D eigenvalue weighted by molar-refractivity contribution is 0.0926. The van der Waals surface area contributed by atoms with Gasteiger partial charge in [-0.25, -0.2) is 0 Å². The number of nitrogens with zero attached hydrogens (tertiary/aromatic N) is 5. The Morgan fingerprint density at radius 1 is 1.11 bits per heavy atom. The van der Waals surface area contributed by atoms with E-state index >= 15 is 0 Å². The summed E-state index contributed by atoms with van der Waals surface area (Å²) in [5.41, 5.74) is 1.39. The number of carbonyl (C=O) groups excluding carboxylic acids is 1. The van der Waals surface area contributed by atoms with Crippen LogP contribution < -0.4 is 5.32 Å². The minimum Gasteiger partial charge on any atom is -0.342 e. The number of hydrogen-bond acceptors (Lipinski definition) is 4. The zero-order valence-corrected chi connectivity index (χ0v) is 15.9. The van der Waals surface area contributed by atoms with Crippen molar-refractivity contribution in [2.24, 2.45) is 5.92 Å². The second kappa shape index (κ2) is 8.82. The van der Waals surface area contributed by atoms with Crippen molar-refractivity contribution in [3.63, 3.8) is 0 Å². The number of carbonyl (C=O) groups is 1. The van der Waals surface area contributed by atoms with Crippen molar-refractivity contribution in [1.82, 2.24) is 30.1 Å². The van der Waals surface area contributed by atoms with E-state index in [0.717, 1.165) is 12.1 Å². The normalized spacial score (nSPS) is 16.0. The molecule has 146 valence electrons. The number of hydrogen-bond donors (Lipinski definition) is 1. The van der Waals surface area contributed by atoms with Gasteiger partial charge in [0.05, 0.1) is 18.8 Å². The summed E-state index contributed by atoms with van der Waals surface area (Å²) in [5.74, 6) is 0.430. The molecule has 4 rings (SSSR count). The van der Waals surface area contributed by atoms with Gasteiger partial charge < -0.3 is 5.32 Å². The Labute approximate surface area is 164 Å². The first kappa shape index (κ1) is 18.4. The van der Waals surface area contributed by atoms with Crippen LogP contribution in [0, 0.1) is 5.92 Å². The molecule has 1 atom stereocenters. The van der Waals surface area contributed by atoms with Gasteiger partial charge in [0.15, 0.2) is 5.69 Å². The third-order valence-corrected chi connectivity index (χ3v) is 5.38. The topological polar surface area (TPSA) is 77.6 Å². The SMILES string of the molecule is O=C(N[C@H](Cn1cccn1)c1ccccc1)c1cn(CC2CCCCC2)nn1. The molecule has 1 amide bonds. The van der Waals surface area contributed by atoms with E-state index in [4.69, 9.17) is 0 Å². The van der Waals surface area contributed by atoms with Crippen LogP contribution in [-0.2, 0) is 13.1 Å². The predicted molar refractivity (Wildman–Crippen MR) is 105 cm³/mol. The summed E-state index contributed by atoms with van der Waals surface area (Å²) in [4.78, 5) is 12.8. The highest BCUT2D eigenvalue weighted by molar-refractivity contribution is 5.92. The van der Waals surface area contributed by atoms with Crippen molar-refractivity contribution >= 4 is 5.91 Å². The second-order valence-corrected chi connectivity index (χ2v) is 7.49. The van der Waals surface area contributed by atoms with Crippen LogP contribution in [0.5, 0.6) is 0 Å². The molecule has 7 heteroatoms. The van der Waals surface area contributed by atoms with Crippen molar-refractivity contribution in [2.75, 3.05) is 0 Å². The molecule has 2 aromatic heterocycles. The van der Waals surface area contributed by atoms with Crippen molar-refractivity contribution in [3.8, 4) is 0 Å². The molecule has 28 heavy (non-hydrogen) atoms. The maximum Gasteiger partial charge on any atom is 0.274 e. The molecule has 1 N–H and O–H groups in total. The largest absolute Gasteiger partial charge is 0.342 e. The van der Waals surface area contributed by atoms with Crippen LogP contribution in [0.15, 0.2) is 55.0 Å². The van der Waals surface area contributed by atoms with Gasteiger partial charge in [-0.1, -0.05) is 54.8 Å². The highest BCUT2D eigenvalue weighted by atomic mass is 16.2. The summed E-state index contributed by atoms with van der Waals surface area (Å²) in [7, 11) is 0. The van der Waals surface area contributed by atoms with Crippen LogP contribution in [0.4, 0.5) is 0 Å². The first-order valence-corrected chi connectivity index (χ1v) is 10.0. The van der Waals surface area contributed by atoms with Gasteiger partial charge in [-0.05, 0) is 30.4 Å². The van der Waals surface area contributed by atoms with E-state index in [1.807, 2.05) is 52.0 Å². The van der Waals surface area contributed by atoms with E-state index < -0.39 is 0 Å². The van der Waals surface area contributed by atoms with Crippen molar-refractivity contribution < 1.29 is 4.79 Å². The number of aromatic nitrogens is 5. The molecule has 0 saturated heterocycles. The van der Waals surface area contributed by atoms with Gasteiger partial charge in [0, 0.05) is 18.9 Å². The highest BCUT2D eigenvalue weighted by Gasteiger charge is 2.20. The van der Waals surface area contributed by atoms with E-state index in [9.17, 15) is 4.79 Å². The Hall–Kier alpha value is -2.96. The highest BCUT2D eigenvalue weighted by Crippen LogP contribution is 2.24. The van der Waals surface area contributed by atoms with Gasteiger partial charge in [-0.2, -0.15) is 5.10 Å². The summed E-state index contributed by atoms with van der Waals surface area (Å²) in [5, 5.41) is 15.6. The van der Waals surface area contributed by atoms with E-state index in [0.29, 0.717) is 18.2 Å². The van der Waals surface area contributed by atoms with E-state index in [-0.39, 0.29) is 11.9 Å². The molecule has 0 spiro atoms. The van der Waals surface area contributed by atoms with E-state index in [1.54, 1.807) is 12.4 Å². The predicted octanol–water partition coefficient (Wildman–Crippen LogP) is 3.23. The number of amides is 1. The van der Waals surface area contributed by atoms with Crippen LogP contribution in [0.2, 0.25) is 0 Å². The first-order valence-electron chi connectivity index (χ1n) is 10.0. The molecule has 0 unspecified atom stereocenters. The minimum atomic E-state index is -0.212. The molecular weight excluding hydrogens is 352 g/mol. The maximum absolute atomic E-state index is 12.8. The molecule has 1 fully saturated rings. The van der Waals surface area contributed by atoms with Crippen molar-refractivity contribution in [2.45, 2.75) is 51.2 Å². The molecule has 1 aliphatic rings. The third kappa shape index (κ3) is 4.65. The molecule has 1 saturated carbocycles. The molecule has 2 heterocycles. The Morgan fingerprint density at radius 3 is 2.68 bits per heavy atom. The number of rotatable bonds is 7. The smallest absolute Gasteiger partial charge is 0.274 e. The summed E-state index contributed by atoms with van der Waals surface area (Å²) in [6.45, 7) is 1.40. The molecular formula is C21H26N6O. The quantitative estimate of drug-likeness (QED) is 0.685. The lowest BCUT2D eigenvalue weighted by Crippen LogP contribution is -2.31. The Kier molecular flexibility index (Phi) is 5.80. The Morgan fingerprint density at radius 2 is 1.93 bits per heavy atom. The summed E-state index contributed by atoms with van der Waals surface area (Å²) in [6.07, 6.45) is 11.8. The fraction of sp³-hybridized carbons (Fsp3) is 0.429. The van der Waals surface area contributed by atoms with Crippen LogP contribution in [-0.4, -0.2) is 30.7 Å². The molecule has 7 nitrogen and oxygen atoms in total. The molecule has 0 aliphatic heterocycles. The zero-order valence-electron chi connectivity index (χ0n) is 15.9. The van der Waals surface area contributed by atoms with Gasteiger partial charge in [-0.3, -0.25) is 14.2 Å². The van der Waals surface area contributed by atoms with Crippen molar-refractivity contribution in [3.05, 3.63) is 66.2 Å². The second-order valence-electron chi connectivity index (χ2n) is 7.49. The van der Waals surface area contributed by atoms with Gasteiger partial charge in [-0.15, -0.1) is 5.10 Å². The van der Waals surface area contributed by atoms with E-state index in [2.05, 4.69) is 20.7 Å². The summed E-state index contributed by atoms with van der Waals surface area (Å²) in [6, 6.07) is 11.6. The monoisotopic (exact) mass is 378 g/mol. The molecule has 1 aliphatic carbocycles. The third-order valence-electron chi connectivity index (χ3n) is 5.38. The maximum atomic E-state index is 12.8. The first-order chi connectivity index (χ1) is 13.8. The fourth-order valence-electron chi connectivity index (χ4n) is 3.87. The molecule has 0 radical (unpaired) electrons. The Bertz CT molecular complexity index is 867. The van der Waals surface area contributed by atoms with Gasteiger partial charge in [0.2, 0.25) is 0 Å². The average molecular weight is 378 g/mol. The fourth-order valence-corrected chi connectivity index (χ4v) is 3.87. The Balaban J connectivity index is 1.43. The average Bonchev–Trinajstić information content (AvgIpc) is 3.41. The van der Waals surface area contributed by atoms with Crippen LogP contribution in [0.25, 0.3) is 0 Å².